The Balaban J connectivity index is 1.80. The summed E-state index contributed by atoms with van der Waals surface area (Å²) in [4.78, 5) is 12.5. The van der Waals surface area contributed by atoms with E-state index in [0.717, 1.165) is 11.3 Å². The normalized spacial score (nSPS) is 12.1. The molecule has 0 radical (unpaired) electrons. The van der Waals surface area contributed by atoms with Crippen molar-refractivity contribution in [3.63, 3.8) is 0 Å². The monoisotopic (exact) mass is 340 g/mol. The minimum atomic E-state index is -0.211. The van der Waals surface area contributed by atoms with Gasteiger partial charge in [-0.3, -0.25) is 13.9 Å². The molecule has 1 N–H and O–H groups in total. The van der Waals surface area contributed by atoms with Gasteiger partial charge in [0.15, 0.2) is 11.5 Å². The van der Waals surface area contributed by atoms with E-state index in [-0.39, 0.29) is 17.4 Å². The van der Waals surface area contributed by atoms with Gasteiger partial charge >= 0.3 is 0 Å². The molecule has 0 spiro atoms. The molecule has 0 unspecified atom stereocenters. The van der Waals surface area contributed by atoms with Gasteiger partial charge in [0, 0.05) is 11.9 Å². The summed E-state index contributed by atoms with van der Waals surface area (Å²) in [6, 6.07) is 7.55. The summed E-state index contributed by atoms with van der Waals surface area (Å²) in [6.07, 6.45) is 1.88. The molecule has 0 saturated heterocycles. The van der Waals surface area contributed by atoms with Crippen LogP contribution in [0.5, 0.6) is 0 Å². The molecule has 0 fully saturated rings. The standard InChI is InChI=1S/C18H24N6O/c1-12(2)14-10-13(22-24(14)18(3,4)5)17(25)19-11-16-21-20-15-8-6-7-9-23(15)16/h6-10,12H,11H2,1-5H3,(H,19,25). The zero-order valence-electron chi connectivity index (χ0n) is 15.3. The Morgan fingerprint density at radius 2 is 2.00 bits per heavy atom. The maximum absolute atomic E-state index is 12.5. The fourth-order valence-electron chi connectivity index (χ4n) is 2.72. The Bertz CT molecular complexity index is 900. The van der Waals surface area contributed by atoms with Crippen LogP contribution in [0.2, 0.25) is 0 Å². The highest BCUT2D eigenvalue weighted by Gasteiger charge is 2.23. The molecule has 0 aliphatic rings. The lowest BCUT2D eigenvalue weighted by atomic mass is 10.1. The third-order valence-electron chi connectivity index (χ3n) is 3.99. The summed E-state index contributed by atoms with van der Waals surface area (Å²) in [5.74, 6) is 0.759. The van der Waals surface area contributed by atoms with Gasteiger partial charge in [0.05, 0.1) is 12.1 Å². The van der Waals surface area contributed by atoms with Crippen molar-refractivity contribution < 1.29 is 4.79 Å². The number of rotatable bonds is 4. The summed E-state index contributed by atoms with van der Waals surface area (Å²) < 4.78 is 3.78. The van der Waals surface area contributed by atoms with Gasteiger partial charge in [-0.2, -0.15) is 5.10 Å². The highest BCUT2D eigenvalue weighted by atomic mass is 16.1. The lowest BCUT2D eigenvalue weighted by Gasteiger charge is -2.23. The summed E-state index contributed by atoms with van der Waals surface area (Å²) >= 11 is 0. The van der Waals surface area contributed by atoms with Crippen LogP contribution in [0.15, 0.2) is 30.5 Å². The third kappa shape index (κ3) is 3.40. The second-order valence-corrected chi connectivity index (χ2v) is 7.42. The second kappa shape index (κ2) is 6.31. The molecule has 1 amide bonds. The Kier molecular flexibility index (Phi) is 4.32. The SMILES string of the molecule is CC(C)c1cc(C(=O)NCc2nnc3ccccn23)nn1C(C)(C)C. The molecule has 7 heteroatoms. The first kappa shape index (κ1) is 17.1. The van der Waals surface area contributed by atoms with Gasteiger partial charge in [0.2, 0.25) is 0 Å². The van der Waals surface area contributed by atoms with Crippen molar-refractivity contribution in [3.8, 4) is 0 Å². The first-order valence-corrected chi connectivity index (χ1v) is 8.44. The topological polar surface area (TPSA) is 77.1 Å². The van der Waals surface area contributed by atoms with E-state index in [0.29, 0.717) is 18.1 Å². The van der Waals surface area contributed by atoms with Crippen molar-refractivity contribution in [2.75, 3.05) is 0 Å². The van der Waals surface area contributed by atoms with E-state index in [4.69, 9.17) is 0 Å². The molecule has 0 aliphatic heterocycles. The van der Waals surface area contributed by atoms with Gasteiger partial charge in [-0.1, -0.05) is 19.9 Å². The number of aromatic nitrogens is 5. The van der Waals surface area contributed by atoms with Crippen LogP contribution in [-0.4, -0.2) is 30.3 Å². The molecule has 132 valence electrons. The largest absolute Gasteiger partial charge is 0.343 e. The summed E-state index contributed by atoms with van der Waals surface area (Å²) in [5, 5.41) is 15.6. The van der Waals surface area contributed by atoms with Crippen LogP contribution in [0.3, 0.4) is 0 Å². The highest BCUT2D eigenvalue weighted by Crippen LogP contribution is 2.23. The number of carbonyl (C=O) groups is 1. The number of amides is 1. The third-order valence-corrected chi connectivity index (χ3v) is 3.99. The predicted octanol–water partition coefficient (Wildman–Crippen LogP) is 2.73. The van der Waals surface area contributed by atoms with E-state index in [9.17, 15) is 4.79 Å². The molecule has 0 bridgehead atoms. The van der Waals surface area contributed by atoms with Gasteiger partial charge in [0.1, 0.15) is 5.69 Å². The Morgan fingerprint density at radius 3 is 2.64 bits per heavy atom. The zero-order chi connectivity index (χ0) is 18.2. The number of hydrogen-bond donors (Lipinski definition) is 1. The number of carbonyl (C=O) groups excluding carboxylic acids is 1. The number of hydrogen-bond acceptors (Lipinski definition) is 4. The molecule has 0 aromatic carbocycles. The van der Waals surface area contributed by atoms with Crippen molar-refractivity contribution in [2.45, 2.75) is 52.6 Å². The van der Waals surface area contributed by atoms with E-state index < -0.39 is 0 Å². The van der Waals surface area contributed by atoms with Crippen molar-refractivity contribution in [2.24, 2.45) is 0 Å². The minimum absolute atomic E-state index is 0.179. The molecular weight excluding hydrogens is 316 g/mol. The minimum Gasteiger partial charge on any atom is -0.343 e. The summed E-state index contributed by atoms with van der Waals surface area (Å²) in [6.45, 7) is 10.7. The van der Waals surface area contributed by atoms with Gasteiger partial charge in [-0.15, -0.1) is 10.2 Å². The molecule has 0 atom stereocenters. The molecular formula is C18H24N6O. The number of pyridine rings is 1. The molecule has 0 saturated carbocycles. The lowest BCUT2D eigenvalue weighted by molar-refractivity contribution is 0.0943. The quantitative estimate of drug-likeness (QED) is 0.792. The molecule has 0 aliphatic carbocycles. The van der Waals surface area contributed by atoms with Crippen LogP contribution in [0.25, 0.3) is 5.65 Å². The molecule has 3 aromatic rings. The summed E-state index contributed by atoms with van der Waals surface area (Å²) in [5.41, 5.74) is 2.05. The van der Waals surface area contributed by atoms with Gasteiger partial charge in [0.25, 0.3) is 5.91 Å². The highest BCUT2D eigenvalue weighted by molar-refractivity contribution is 5.92. The number of nitrogens with one attached hydrogen (secondary N) is 1. The fraction of sp³-hybridized carbons (Fsp3) is 0.444. The average molecular weight is 340 g/mol. The van der Waals surface area contributed by atoms with Crippen LogP contribution in [-0.2, 0) is 12.1 Å². The lowest BCUT2D eigenvalue weighted by Crippen LogP contribution is -2.28. The van der Waals surface area contributed by atoms with Crippen molar-refractivity contribution >= 4 is 11.6 Å². The first-order valence-electron chi connectivity index (χ1n) is 8.44. The number of fused-ring (bicyclic) bond motifs is 1. The van der Waals surface area contributed by atoms with Crippen LogP contribution in [0.4, 0.5) is 0 Å². The number of nitrogens with zero attached hydrogens (tertiary/aromatic N) is 5. The van der Waals surface area contributed by atoms with Gasteiger partial charge < -0.3 is 5.32 Å². The Hall–Kier alpha value is -2.70. The maximum Gasteiger partial charge on any atom is 0.272 e. The molecule has 3 heterocycles. The predicted molar refractivity (Wildman–Crippen MR) is 95.5 cm³/mol. The van der Waals surface area contributed by atoms with Crippen LogP contribution in [0.1, 0.15) is 62.5 Å². The molecule has 3 aromatic heterocycles. The smallest absolute Gasteiger partial charge is 0.272 e. The van der Waals surface area contributed by atoms with E-state index >= 15 is 0 Å². The molecule has 25 heavy (non-hydrogen) atoms. The fourth-order valence-corrected chi connectivity index (χ4v) is 2.72. The van der Waals surface area contributed by atoms with Crippen molar-refractivity contribution in [1.29, 1.82) is 0 Å². The zero-order valence-corrected chi connectivity index (χ0v) is 15.3. The van der Waals surface area contributed by atoms with Crippen molar-refractivity contribution in [1.82, 2.24) is 29.7 Å². The summed E-state index contributed by atoms with van der Waals surface area (Å²) in [7, 11) is 0. The van der Waals surface area contributed by atoms with E-state index in [1.807, 2.05) is 39.5 Å². The Labute approximate surface area is 147 Å². The van der Waals surface area contributed by atoms with Crippen LogP contribution < -0.4 is 5.32 Å². The van der Waals surface area contributed by atoms with E-state index in [2.05, 4.69) is 55.2 Å². The van der Waals surface area contributed by atoms with Crippen molar-refractivity contribution in [3.05, 3.63) is 47.7 Å². The van der Waals surface area contributed by atoms with Crippen LogP contribution in [0, 0.1) is 0 Å². The first-order chi connectivity index (χ1) is 11.8. The van der Waals surface area contributed by atoms with Gasteiger partial charge in [-0.05, 0) is 44.9 Å². The Morgan fingerprint density at radius 1 is 1.24 bits per heavy atom. The van der Waals surface area contributed by atoms with E-state index in [1.54, 1.807) is 0 Å². The molecule has 7 nitrogen and oxygen atoms in total. The van der Waals surface area contributed by atoms with Crippen LogP contribution >= 0.6 is 0 Å². The average Bonchev–Trinajstić information content (AvgIpc) is 3.17. The van der Waals surface area contributed by atoms with Gasteiger partial charge in [-0.25, -0.2) is 0 Å². The molecule has 3 rings (SSSR count). The van der Waals surface area contributed by atoms with E-state index in [1.165, 1.54) is 0 Å². The maximum atomic E-state index is 12.5. The second-order valence-electron chi connectivity index (χ2n) is 7.42.